The highest BCUT2D eigenvalue weighted by atomic mass is 16.7. The van der Waals surface area contributed by atoms with E-state index in [9.17, 15) is 61.3 Å². The molecule has 11 atom stereocenters. The summed E-state index contributed by atoms with van der Waals surface area (Å²) in [5.74, 6) is -2.96. The SMILES string of the molecule is CC1O[C@@H](OCC2O[C@@H](OC3=C(CO)c4c(O)cc(O)cc4OC3(CO)c3ccc(O)c(O)c3)C(O)C(O)[C@@H]2O)C(O)C(O)[C@H]1O. The van der Waals surface area contributed by atoms with Crippen molar-refractivity contribution in [1.29, 1.82) is 0 Å². The molecule has 2 aromatic rings. The molecule has 46 heavy (non-hydrogen) atoms. The van der Waals surface area contributed by atoms with Gasteiger partial charge in [-0.25, -0.2) is 0 Å². The Morgan fingerprint density at radius 2 is 1.41 bits per heavy atom. The van der Waals surface area contributed by atoms with E-state index in [2.05, 4.69) is 0 Å². The minimum absolute atomic E-state index is 0.0798. The van der Waals surface area contributed by atoms with Crippen LogP contribution in [0.2, 0.25) is 0 Å². The van der Waals surface area contributed by atoms with Gasteiger partial charge in [-0.1, -0.05) is 6.07 Å². The highest BCUT2D eigenvalue weighted by molar-refractivity contribution is 5.81. The molecule has 2 aromatic carbocycles. The van der Waals surface area contributed by atoms with Crippen molar-refractivity contribution in [2.45, 2.75) is 73.9 Å². The first-order valence-corrected chi connectivity index (χ1v) is 14.1. The van der Waals surface area contributed by atoms with Gasteiger partial charge in [-0.15, -0.1) is 0 Å². The van der Waals surface area contributed by atoms with Crippen molar-refractivity contribution in [3.8, 4) is 28.7 Å². The van der Waals surface area contributed by atoms with Crippen molar-refractivity contribution in [1.82, 2.24) is 0 Å². The van der Waals surface area contributed by atoms with Gasteiger partial charge in [-0.05, 0) is 19.1 Å². The van der Waals surface area contributed by atoms with E-state index in [1.807, 2.05) is 0 Å². The molecule has 2 saturated heterocycles. The summed E-state index contributed by atoms with van der Waals surface area (Å²) in [5.41, 5.74) is -2.72. The summed E-state index contributed by atoms with van der Waals surface area (Å²) >= 11 is 0. The summed E-state index contributed by atoms with van der Waals surface area (Å²) in [4.78, 5) is 0. The van der Waals surface area contributed by atoms with Crippen LogP contribution in [0.25, 0.3) is 5.57 Å². The second-order valence-electron chi connectivity index (χ2n) is 11.2. The number of aromatic hydroxyl groups is 4. The molecule has 3 heterocycles. The molecular weight excluding hydrogens is 620 g/mol. The zero-order chi connectivity index (χ0) is 33.7. The maximum absolute atomic E-state index is 10.9. The van der Waals surface area contributed by atoms with Crippen LogP contribution < -0.4 is 4.74 Å². The Morgan fingerprint density at radius 1 is 0.739 bits per heavy atom. The molecule has 0 saturated carbocycles. The average molecular weight is 657 g/mol. The van der Waals surface area contributed by atoms with Crippen molar-refractivity contribution in [2.24, 2.45) is 0 Å². The maximum atomic E-state index is 10.9. The first-order chi connectivity index (χ1) is 21.7. The van der Waals surface area contributed by atoms with Crippen LogP contribution in [-0.4, -0.2) is 143 Å². The molecule has 12 N–H and O–H groups in total. The third-order valence-corrected chi connectivity index (χ3v) is 8.25. The van der Waals surface area contributed by atoms with Crippen LogP contribution in [0.3, 0.4) is 0 Å². The van der Waals surface area contributed by atoms with Crippen LogP contribution in [0.4, 0.5) is 0 Å². The minimum atomic E-state index is -2.21. The Labute approximate surface area is 260 Å². The molecule has 7 unspecified atom stereocenters. The molecule has 17 heteroatoms. The van der Waals surface area contributed by atoms with E-state index in [1.165, 1.54) is 13.0 Å². The summed E-state index contributed by atoms with van der Waals surface area (Å²) in [6.45, 7) is -1.11. The fraction of sp³-hybridized carbons (Fsp3) is 0.517. The van der Waals surface area contributed by atoms with Crippen LogP contribution in [0.15, 0.2) is 36.1 Å². The number of hydrogen-bond donors (Lipinski definition) is 12. The summed E-state index contributed by atoms with van der Waals surface area (Å²) < 4.78 is 28.6. The molecular formula is C29H36O17. The molecule has 2 fully saturated rings. The summed E-state index contributed by atoms with van der Waals surface area (Å²) in [5, 5.41) is 125. The van der Waals surface area contributed by atoms with Gasteiger partial charge in [0.1, 0.15) is 60.0 Å². The van der Waals surface area contributed by atoms with E-state index in [-0.39, 0.29) is 22.4 Å². The number of ether oxygens (including phenoxy) is 5. The molecule has 254 valence electrons. The van der Waals surface area contributed by atoms with Crippen LogP contribution >= 0.6 is 0 Å². The van der Waals surface area contributed by atoms with Crippen molar-refractivity contribution in [3.05, 3.63) is 47.2 Å². The van der Waals surface area contributed by atoms with E-state index in [1.54, 1.807) is 0 Å². The quantitative estimate of drug-likeness (QED) is 0.127. The molecule has 0 aliphatic carbocycles. The molecule has 0 amide bonds. The largest absolute Gasteiger partial charge is 0.508 e. The molecule has 0 bridgehead atoms. The molecule has 5 rings (SSSR count). The van der Waals surface area contributed by atoms with Crippen LogP contribution in [-0.2, 0) is 24.5 Å². The minimum Gasteiger partial charge on any atom is -0.508 e. The second-order valence-corrected chi connectivity index (χ2v) is 11.2. The molecule has 17 nitrogen and oxygen atoms in total. The Balaban J connectivity index is 1.52. The second kappa shape index (κ2) is 13.0. The zero-order valence-corrected chi connectivity index (χ0v) is 24.2. The lowest BCUT2D eigenvalue weighted by Gasteiger charge is -2.45. The van der Waals surface area contributed by atoms with E-state index in [0.29, 0.717) is 0 Å². The van der Waals surface area contributed by atoms with Crippen LogP contribution in [0.1, 0.15) is 18.1 Å². The van der Waals surface area contributed by atoms with E-state index < -0.39 is 116 Å². The van der Waals surface area contributed by atoms with Crippen LogP contribution in [0.5, 0.6) is 28.7 Å². The normalized spacial score (nSPS) is 36.2. The summed E-state index contributed by atoms with van der Waals surface area (Å²) in [6, 6.07) is 5.31. The number of rotatable bonds is 8. The standard InChI is InChI=1S/C29H36O17/c1-10-20(36)22(38)24(40)27(43-10)42-8-18-21(37)23(39)25(41)28(44-18)45-26-13(7-30)19-16(35)5-12(32)6-17(19)46-29(26,9-31)11-2-3-14(33)15(34)4-11/h2-6,10,18,20-25,27-28,30-41H,7-9H2,1H3/t10?,18?,20-,21+,22?,23?,24?,25?,27+,28-,29?/m0/s1. The van der Waals surface area contributed by atoms with E-state index >= 15 is 0 Å². The number of aliphatic hydroxyl groups excluding tert-OH is 8. The molecule has 3 aliphatic heterocycles. The number of hydrogen-bond acceptors (Lipinski definition) is 17. The maximum Gasteiger partial charge on any atom is 0.229 e. The lowest BCUT2D eigenvalue weighted by atomic mass is 9.84. The van der Waals surface area contributed by atoms with Gasteiger partial charge in [0.25, 0.3) is 0 Å². The smallest absolute Gasteiger partial charge is 0.229 e. The highest BCUT2D eigenvalue weighted by Gasteiger charge is 2.52. The van der Waals surface area contributed by atoms with Crippen molar-refractivity contribution < 1.29 is 85.0 Å². The predicted molar refractivity (Wildman–Crippen MR) is 149 cm³/mol. The topological polar surface area (TPSA) is 289 Å². The fourth-order valence-electron chi connectivity index (χ4n) is 5.65. The summed E-state index contributed by atoms with van der Waals surface area (Å²) in [7, 11) is 0. The van der Waals surface area contributed by atoms with Gasteiger partial charge in [0, 0.05) is 23.3 Å². The lowest BCUT2D eigenvalue weighted by molar-refractivity contribution is -0.325. The number of fused-ring (bicyclic) bond motifs is 1. The first-order valence-electron chi connectivity index (χ1n) is 14.1. The molecule has 3 aliphatic rings. The number of phenolic OH excluding ortho intramolecular Hbond substituents is 4. The van der Waals surface area contributed by atoms with Crippen molar-refractivity contribution in [2.75, 3.05) is 19.8 Å². The monoisotopic (exact) mass is 656 g/mol. The first kappa shape index (κ1) is 33.9. The van der Waals surface area contributed by atoms with Crippen LogP contribution in [0, 0.1) is 0 Å². The summed E-state index contributed by atoms with van der Waals surface area (Å²) in [6.07, 6.45) is -16.3. The van der Waals surface area contributed by atoms with E-state index in [4.69, 9.17) is 23.7 Å². The third kappa shape index (κ3) is 5.80. The van der Waals surface area contributed by atoms with Gasteiger partial charge >= 0.3 is 0 Å². The zero-order valence-electron chi connectivity index (χ0n) is 24.2. The van der Waals surface area contributed by atoms with E-state index in [0.717, 1.165) is 24.3 Å². The lowest BCUT2D eigenvalue weighted by Crippen LogP contribution is -2.61. The highest BCUT2D eigenvalue weighted by Crippen LogP contribution is 2.51. The molecule has 0 aromatic heterocycles. The Kier molecular flexibility index (Phi) is 9.56. The van der Waals surface area contributed by atoms with Crippen molar-refractivity contribution in [3.63, 3.8) is 0 Å². The Morgan fingerprint density at radius 3 is 2.07 bits per heavy atom. The molecule has 0 spiro atoms. The van der Waals surface area contributed by atoms with Gasteiger partial charge in [0.15, 0.2) is 23.5 Å². The van der Waals surface area contributed by atoms with Crippen molar-refractivity contribution >= 4 is 5.57 Å². The van der Waals surface area contributed by atoms with Gasteiger partial charge in [-0.3, -0.25) is 0 Å². The third-order valence-electron chi connectivity index (χ3n) is 8.25. The Hall–Kier alpha value is -3.46. The molecule has 0 radical (unpaired) electrons. The number of phenols is 4. The average Bonchev–Trinajstić information content (AvgIpc) is 3.02. The van der Waals surface area contributed by atoms with Gasteiger partial charge in [0.05, 0.1) is 31.5 Å². The predicted octanol–water partition coefficient (Wildman–Crippen LogP) is -2.84. The fourth-order valence-corrected chi connectivity index (χ4v) is 5.65. The Bertz CT molecular complexity index is 1450. The number of benzene rings is 2. The number of aliphatic hydroxyl groups is 8. The van der Waals surface area contributed by atoms with Gasteiger partial charge in [0.2, 0.25) is 11.9 Å². The van der Waals surface area contributed by atoms with Gasteiger partial charge in [-0.2, -0.15) is 0 Å². The van der Waals surface area contributed by atoms with Gasteiger partial charge < -0.3 is 85.0 Å².